The lowest BCUT2D eigenvalue weighted by molar-refractivity contribution is 0.0447. The van der Waals surface area contributed by atoms with Gasteiger partial charge in [-0.05, 0) is 72.4 Å². The molecule has 1 aliphatic rings. The first kappa shape index (κ1) is 23.2. The highest BCUT2D eigenvalue weighted by molar-refractivity contribution is 6.03. The van der Waals surface area contributed by atoms with E-state index in [1.807, 2.05) is 11.8 Å². The number of piperidine rings is 1. The highest BCUT2D eigenvalue weighted by Crippen LogP contribution is 2.40. The lowest BCUT2D eigenvalue weighted by Gasteiger charge is -2.37. The number of benzene rings is 3. The summed E-state index contributed by atoms with van der Waals surface area (Å²) in [6.45, 7) is 4.62. The lowest BCUT2D eigenvalue weighted by Crippen LogP contribution is -2.46. The number of anilines is 1. The molecule has 0 unspecified atom stereocenters. The number of halogens is 2. The van der Waals surface area contributed by atoms with E-state index in [0.717, 1.165) is 6.42 Å². The second-order valence-corrected chi connectivity index (χ2v) is 9.35. The molecule has 6 nitrogen and oxygen atoms in total. The van der Waals surface area contributed by atoms with Crippen molar-refractivity contribution in [2.24, 2.45) is 0 Å². The molecular formula is C27H27F2N3O3. The molecule has 1 aliphatic heterocycles. The van der Waals surface area contributed by atoms with Crippen LogP contribution in [0.25, 0.3) is 32.8 Å². The first-order valence-corrected chi connectivity index (χ1v) is 11.7. The molecule has 1 fully saturated rings. The Labute approximate surface area is 201 Å². The standard InChI is InChI=1S/C27H27F2N3O3/c1-4-17-21(28)9-6-15-12-16(33)13-20(22(15)17)18-7-8-19-24(23(18)29)30-26(35-3)31-25(19)32-11-5-10-27(2,34)14-32/h6-9,12-13,33-34H,4-5,10-11,14H2,1-3H3/t27-/m1/s1. The molecule has 182 valence electrons. The van der Waals surface area contributed by atoms with E-state index in [-0.39, 0.29) is 28.7 Å². The molecule has 0 bridgehead atoms. The van der Waals surface area contributed by atoms with Gasteiger partial charge < -0.3 is 19.8 Å². The number of methoxy groups -OCH3 is 1. The van der Waals surface area contributed by atoms with Gasteiger partial charge in [0.2, 0.25) is 0 Å². The number of fused-ring (bicyclic) bond motifs is 2. The fourth-order valence-corrected chi connectivity index (χ4v) is 5.12. The maximum Gasteiger partial charge on any atom is 0.318 e. The zero-order valence-electron chi connectivity index (χ0n) is 19.9. The minimum Gasteiger partial charge on any atom is -0.508 e. The van der Waals surface area contributed by atoms with Crippen LogP contribution >= 0.6 is 0 Å². The van der Waals surface area contributed by atoms with Crippen molar-refractivity contribution in [2.75, 3.05) is 25.1 Å². The number of phenolic OH excluding ortho intramolecular Hbond substituents is 1. The van der Waals surface area contributed by atoms with Crippen molar-refractivity contribution in [1.29, 1.82) is 0 Å². The van der Waals surface area contributed by atoms with Gasteiger partial charge in [-0.3, -0.25) is 0 Å². The van der Waals surface area contributed by atoms with E-state index < -0.39 is 11.4 Å². The molecule has 0 saturated carbocycles. The summed E-state index contributed by atoms with van der Waals surface area (Å²) in [5, 5.41) is 22.6. The summed E-state index contributed by atoms with van der Waals surface area (Å²) in [4.78, 5) is 10.7. The number of β-amino-alcohol motifs (C(OH)–C–C–N with tert-alkyl or cyclic N) is 1. The summed E-state index contributed by atoms with van der Waals surface area (Å²) < 4.78 is 36.1. The summed E-state index contributed by atoms with van der Waals surface area (Å²) in [6.07, 6.45) is 1.84. The minimum atomic E-state index is -0.887. The summed E-state index contributed by atoms with van der Waals surface area (Å²) in [7, 11) is 1.41. The maximum absolute atomic E-state index is 16.2. The van der Waals surface area contributed by atoms with Gasteiger partial charge in [0.15, 0.2) is 5.82 Å². The first-order chi connectivity index (χ1) is 16.7. The number of phenols is 1. The lowest BCUT2D eigenvalue weighted by atomic mass is 9.92. The maximum atomic E-state index is 16.2. The number of aliphatic hydroxyl groups is 1. The Morgan fingerprint density at radius 3 is 2.63 bits per heavy atom. The average molecular weight is 480 g/mol. The van der Waals surface area contributed by atoms with Crippen LogP contribution in [-0.2, 0) is 6.42 Å². The molecule has 1 atom stereocenters. The second kappa shape index (κ2) is 8.61. The molecular weight excluding hydrogens is 452 g/mol. The quantitative estimate of drug-likeness (QED) is 0.411. The number of rotatable bonds is 4. The van der Waals surface area contributed by atoms with Gasteiger partial charge in [0, 0.05) is 24.0 Å². The third-order valence-electron chi connectivity index (χ3n) is 6.72. The van der Waals surface area contributed by atoms with Crippen LogP contribution in [0.5, 0.6) is 11.8 Å². The molecule has 2 heterocycles. The minimum absolute atomic E-state index is 0.00910. The predicted molar refractivity (Wildman–Crippen MR) is 132 cm³/mol. The van der Waals surface area contributed by atoms with Gasteiger partial charge in [-0.1, -0.05) is 19.1 Å². The molecule has 3 aromatic carbocycles. The normalized spacial score (nSPS) is 18.4. The van der Waals surface area contributed by atoms with E-state index in [4.69, 9.17) is 4.74 Å². The molecule has 35 heavy (non-hydrogen) atoms. The summed E-state index contributed by atoms with van der Waals surface area (Å²) in [5.41, 5.74) is 0.198. The Balaban J connectivity index is 1.77. The highest BCUT2D eigenvalue weighted by atomic mass is 19.1. The molecule has 0 amide bonds. The number of aryl methyl sites for hydroxylation is 1. The SMILES string of the molecule is CCc1c(F)ccc2cc(O)cc(-c3ccc4c(N5CCC[C@@](C)(O)C5)nc(OC)nc4c3F)c12. The van der Waals surface area contributed by atoms with Crippen LogP contribution in [0.1, 0.15) is 32.3 Å². The molecule has 2 N–H and O–H groups in total. The van der Waals surface area contributed by atoms with Crippen LogP contribution in [0.2, 0.25) is 0 Å². The second-order valence-electron chi connectivity index (χ2n) is 9.35. The Morgan fingerprint density at radius 1 is 1.11 bits per heavy atom. The van der Waals surface area contributed by atoms with Gasteiger partial charge in [0.25, 0.3) is 0 Å². The van der Waals surface area contributed by atoms with Crippen molar-refractivity contribution >= 4 is 27.5 Å². The van der Waals surface area contributed by atoms with E-state index in [0.29, 0.717) is 59.0 Å². The fraction of sp³-hybridized carbons (Fsp3) is 0.333. The summed E-state index contributed by atoms with van der Waals surface area (Å²) >= 11 is 0. The van der Waals surface area contributed by atoms with E-state index in [9.17, 15) is 14.6 Å². The van der Waals surface area contributed by atoms with E-state index in [1.165, 1.54) is 19.2 Å². The molecule has 0 radical (unpaired) electrons. The topological polar surface area (TPSA) is 78.7 Å². The Morgan fingerprint density at radius 2 is 1.91 bits per heavy atom. The number of aromatic nitrogens is 2. The number of aromatic hydroxyl groups is 1. The van der Waals surface area contributed by atoms with Crippen LogP contribution < -0.4 is 9.64 Å². The zero-order chi connectivity index (χ0) is 24.9. The summed E-state index contributed by atoms with van der Waals surface area (Å²) in [5.74, 6) is -0.557. The van der Waals surface area contributed by atoms with Crippen LogP contribution in [0.15, 0.2) is 36.4 Å². The van der Waals surface area contributed by atoms with Gasteiger partial charge in [-0.2, -0.15) is 9.97 Å². The van der Waals surface area contributed by atoms with Crippen LogP contribution in [0.4, 0.5) is 14.6 Å². The van der Waals surface area contributed by atoms with Gasteiger partial charge in [0.1, 0.15) is 22.9 Å². The van der Waals surface area contributed by atoms with E-state index in [1.54, 1.807) is 31.2 Å². The van der Waals surface area contributed by atoms with Gasteiger partial charge in [-0.15, -0.1) is 0 Å². The largest absolute Gasteiger partial charge is 0.508 e. The van der Waals surface area contributed by atoms with Crippen molar-refractivity contribution in [3.63, 3.8) is 0 Å². The van der Waals surface area contributed by atoms with Crippen LogP contribution in [0, 0.1) is 11.6 Å². The van der Waals surface area contributed by atoms with Gasteiger partial charge in [-0.25, -0.2) is 8.78 Å². The smallest absolute Gasteiger partial charge is 0.318 e. The Hall–Kier alpha value is -3.52. The highest BCUT2D eigenvalue weighted by Gasteiger charge is 2.31. The summed E-state index contributed by atoms with van der Waals surface area (Å²) in [6, 6.07) is 9.28. The van der Waals surface area contributed by atoms with Crippen molar-refractivity contribution in [3.05, 3.63) is 53.6 Å². The molecule has 0 aliphatic carbocycles. The average Bonchev–Trinajstić information content (AvgIpc) is 2.83. The predicted octanol–water partition coefficient (Wildman–Crippen LogP) is 5.36. The van der Waals surface area contributed by atoms with Crippen molar-refractivity contribution < 1.29 is 23.7 Å². The fourth-order valence-electron chi connectivity index (χ4n) is 5.12. The molecule has 5 rings (SSSR count). The number of ether oxygens (including phenoxy) is 1. The number of hydrogen-bond acceptors (Lipinski definition) is 6. The molecule has 1 aromatic heterocycles. The van der Waals surface area contributed by atoms with Crippen molar-refractivity contribution in [1.82, 2.24) is 9.97 Å². The zero-order valence-corrected chi connectivity index (χ0v) is 19.9. The molecule has 4 aromatic rings. The molecule has 8 heteroatoms. The van der Waals surface area contributed by atoms with Crippen molar-refractivity contribution in [3.8, 4) is 22.9 Å². The first-order valence-electron chi connectivity index (χ1n) is 11.7. The van der Waals surface area contributed by atoms with Crippen LogP contribution in [0.3, 0.4) is 0 Å². The Kier molecular flexibility index (Phi) is 5.71. The van der Waals surface area contributed by atoms with Gasteiger partial charge in [0.05, 0.1) is 12.7 Å². The Bertz CT molecular complexity index is 1460. The number of nitrogens with zero attached hydrogens (tertiary/aromatic N) is 3. The van der Waals surface area contributed by atoms with E-state index >= 15 is 4.39 Å². The van der Waals surface area contributed by atoms with Crippen molar-refractivity contribution in [2.45, 2.75) is 38.7 Å². The molecule has 1 saturated heterocycles. The monoisotopic (exact) mass is 479 g/mol. The van der Waals surface area contributed by atoms with Gasteiger partial charge >= 0.3 is 6.01 Å². The number of hydrogen-bond donors (Lipinski definition) is 2. The molecule has 0 spiro atoms. The third kappa shape index (κ3) is 4.01. The van der Waals surface area contributed by atoms with Crippen LogP contribution in [-0.4, -0.2) is 46.0 Å². The third-order valence-corrected chi connectivity index (χ3v) is 6.72. The van der Waals surface area contributed by atoms with E-state index in [2.05, 4.69) is 9.97 Å².